The number of Topliss-reactive ketones (excluding diaryl/α,β-unsaturated/α-hetero) is 1. The number of rotatable bonds is 8. The average molecular weight is 273 g/mol. The molecule has 0 fully saturated rings. The summed E-state index contributed by atoms with van der Waals surface area (Å²) < 4.78 is 0. The molecule has 0 heterocycles. The van der Waals surface area contributed by atoms with Crippen LogP contribution >= 0.6 is 0 Å². The maximum atomic E-state index is 11.0. The summed E-state index contributed by atoms with van der Waals surface area (Å²) in [5.74, 6) is -0.472. The third kappa shape index (κ3) is 16.6. The van der Waals surface area contributed by atoms with Crippen LogP contribution in [0.25, 0.3) is 0 Å². The molecule has 0 aliphatic rings. The number of hydrogen-bond donors (Lipinski definition) is 3. The number of carbonyl (C=O) groups excluding carboxylic acids is 3. The largest absolute Gasteiger partial charge is 0.350 e. The lowest BCUT2D eigenvalue weighted by atomic mass is 10.1. The Morgan fingerprint density at radius 1 is 1.11 bits per heavy atom. The molecule has 0 bridgehead atoms. The van der Waals surface area contributed by atoms with Crippen molar-refractivity contribution in [3.8, 4) is 0 Å². The number of hydrogen-bond acceptors (Lipinski definition) is 4. The van der Waals surface area contributed by atoms with Crippen molar-refractivity contribution in [1.82, 2.24) is 16.0 Å². The van der Waals surface area contributed by atoms with E-state index >= 15 is 0 Å². The molecule has 0 aromatic rings. The van der Waals surface area contributed by atoms with Crippen LogP contribution in [0.3, 0.4) is 0 Å². The van der Waals surface area contributed by atoms with Gasteiger partial charge < -0.3 is 16.0 Å². The third-order valence-corrected chi connectivity index (χ3v) is 2.06. The fourth-order valence-electron chi connectivity index (χ4n) is 0.995. The third-order valence-electron chi connectivity index (χ3n) is 2.06. The van der Waals surface area contributed by atoms with Crippen LogP contribution < -0.4 is 16.0 Å². The van der Waals surface area contributed by atoms with Crippen molar-refractivity contribution in [2.75, 3.05) is 19.6 Å². The second-order valence-electron chi connectivity index (χ2n) is 4.61. The standard InChI is InChI=1S/C8H14N2O3.C5H13N/c1-6(2)7(12)3-10-8(13)4-9-5-11;1-4-6-5(2)3/h5-6H,3-4H2,1-2H3,(H,9,11)(H,10,13);5-6H,4H2,1-3H3. The first-order valence-corrected chi connectivity index (χ1v) is 6.54. The molecule has 2 amide bonds. The van der Waals surface area contributed by atoms with Crippen molar-refractivity contribution in [2.45, 2.75) is 40.7 Å². The molecule has 0 rings (SSSR count). The molecule has 6 heteroatoms. The van der Waals surface area contributed by atoms with Gasteiger partial charge in [-0.2, -0.15) is 0 Å². The van der Waals surface area contributed by atoms with E-state index < -0.39 is 0 Å². The molecule has 0 aliphatic carbocycles. The van der Waals surface area contributed by atoms with Crippen LogP contribution in [-0.2, 0) is 14.4 Å². The minimum absolute atomic E-state index is 0.0248. The van der Waals surface area contributed by atoms with Crippen LogP contribution in [0.2, 0.25) is 0 Å². The second kappa shape index (κ2) is 13.0. The predicted octanol–water partition coefficient (Wildman–Crippen LogP) is 0.0780. The van der Waals surface area contributed by atoms with Crippen LogP contribution in [0.1, 0.15) is 34.6 Å². The van der Waals surface area contributed by atoms with Gasteiger partial charge in [0, 0.05) is 12.0 Å². The second-order valence-corrected chi connectivity index (χ2v) is 4.61. The first-order valence-electron chi connectivity index (χ1n) is 6.54. The summed E-state index contributed by atoms with van der Waals surface area (Å²) in [5.41, 5.74) is 0. The Balaban J connectivity index is 0. The monoisotopic (exact) mass is 273 g/mol. The van der Waals surface area contributed by atoms with Gasteiger partial charge in [-0.15, -0.1) is 0 Å². The van der Waals surface area contributed by atoms with Crippen LogP contribution in [0.15, 0.2) is 0 Å². The molecule has 3 N–H and O–H groups in total. The van der Waals surface area contributed by atoms with E-state index in [1.807, 2.05) is 0 Å². The molecule has 0 aliphatic heterocycles. The van der Waals surface area contributed by atoms with Crippen molar-refractivity contribution < 1.29 is 14.4 Å². The Kier molecular flexibility index (Phi) is 13.6. The molecule has 112 valence electrons. The minimum atomic E-state index is -0.360. The van der Waals surface area contributed by atoms with E-state index in [4.69, 9.17) is 0 Å². The molecule has 0 aromatic heterocycles. The number of ketones is 1. The molecule has 19 heavy (non-hydrogen) atoms. The van der Waals surface area contributed by atoms with Crippen LogP contribution in [-0.4, -0.2) is 43.8 Å². The Hall–Kier alpha value is -1.43. The maximum absolute atomic E-state index is 11.0. The highest BCUT2D eigenvalue weighted by Crippen LogP contribution is 1.91. The fourth-order valence-corrected chi connectivity index (χ4v) is 0.995. The SMILES string of the molecule is CC(C)C(=O)CNC(=O)CNC=O.CCNC(C)C. The minimum Gasteiger partial charge on any atom is -0.350 e. The van der Waals surface area contributed by atoms with Gasteiger partial charge in [0.2, 0.25) is 12.3 Å². The van der Waals surface area contributed by atoms with Gasteiger partial charge in [0.1, 0.15) is 0 Å². The van der Waals surface area contributed by atoms with Crippen LogP contribution in [0.5, 0.6) is 0 Å². The van der Waals surface area contributed by atoms with Gasteiger partial charge in [0.15, 0.2) is 5.78 Å². The number of carbonyl (C=O) groups is 3. The molecule has 0 radical (unpaired) electrons. The first kappa shape index (κ1) is 19.9. The van der Waals surface area contributed by atoms with Gasteiger partial charge >= 0.3 is 0 Å². The van der Waals surface area contributed by atoms with Crippen molar-refractivity contribution in [3.05, 3.63) is 0 Å². The van der Waals surface area contributed by atoms with Gasteiger partial charge in [0.25, 0.3) is 0 Å². The van der Waals surface area contributed by atoms with E-state index in [0.717, 1.165) is 6.54 Å². The summed E-state index contributed by atoms with van der Waals surface area (Å²) in [6.07, 6.45) is 0.434. The summed E-state index contributed by atoms with van der Waals surface area (Å²) >= 11 is 0. The van der Waals surface area contributed by atoms with E-state index in [1.54, 1.807) is 13.8 Å². The zero-order valence-electron chi connectivity index (χ0n) is 12.6. The van der Waals surface area contributed by atoms with E-state index in [0.29, 0.717) is 12.5 Å². The molecule has 0 saturated carbocycles. The Morgan fingerprint density at radius 2 is 1.68 bits per heavy atom. The Labute approximate surface area is 115 Å². The van der Waals surface area contributed by atoms with Gasteiger partial charge in [0.05, 0.1) is 13.1 Å². The van der Waals surface area contributed by atoms with Crippen molar-refractivity contribution >= 4 is 18.1 Å². The molecular formula is C13H27N3O3. The van der Waals surface area contributed by atoms with Crippen molar-refractivity contribution in [1.29, 1.82) is 0 Å². The summed E-state index contributed by atoms with van der Waals surface area (Å²) in [7, 11) is 0. The fraction of sp³-hybridized carbons (Fsp3) is 0.769. The highest BCUT2D eigenvalue weighted by atomic mass is 16.2. The average Bonchev–Trinajstić information content (AvgIpc) is 2.33. The molecule has 0 aromatic carbocycles. The van der Waals surface area contributed by atoms with Crippen molar-refractivity contribution in [2.24, 2.45) is 5.92 Å². The lowest BCUT2D eigenvalue weighted by molar-refractivity contribution is -0.126. The number of amides is 2. The van der Waals surface area contributed by atoms with Gasteiger partial charge in [-0.3, -0.25) is 14.4 Å². The highest BCUT2D eigenvalue weighted by molar-refractivity contribution is 5.88. The van der Waals surface area contributed by atoms with Crippen LogP contribution in [0, 0.1) is 5.92 Å². The maximum Gasteiger partial charge on any atom is 0.239 e. The molecule has 6 nitrogen and oxygen atoms in total. The lowest BCUT2D eigenvalue weighted by Gasteiger charge is -2.05. The predicted molar refractivity (Wildman–Crippen MR) is 75.7 cm³/mol. The molecular weight excluding hydrogens is 246 g/mol. The summed E-state index contributed by atoms with van der Waals surface area (Å²) in [6.45, 7) is 10.9. The topological polar surface area (TPSA) is 87.3 Å². The highest BCUT2D eigenvalue weighted by Gasteiger charge is 2.08. The van der Waals surface area contributed by atoms with E-state index in [2.05, 4.69) is 36.7 Å². The smallest absolute Gasteiger partial charge is 0.239 e. The van der Waals surface area contributed by atoms with E-state index in [1.165, 1.54) is 0 Å². The van der Waals surface area contributed by atoms with E-state index in [-0.39, 0.29) is 30.7 Å². The van der Waals surface area contributed by atoms with Gasteiger partial charge in [-0.1, -0.05) is 34.6 Å². The molecule has 0 atom stereocenters. The van der Waals surface area contributed by atoms with Crippen molar-refractivity contribution in [3.63, 3.8) is 0 Å². The summed E-state index contributed by atoms with van der Waals surface area (Å²) in [4.78, 5) is 31.7. The summed E-state index contributed by atoms with van der Waals surface area (Å²) in [6, 6.07) is 0.648. The van der Waals surface area contributed by atoms with Crippen LogP contribution in [0.4, 0.5) is 0 Å². The lowest BCUT2D eigenvalue weighted by Crippen LogP contribution is -2.37. The number of nitrogens with one attached hydrogen (secondary N) is 3. The van der Waals surface area contributed by atoms with E-state index in [9.17, 15) is 14.4 Å². The zero-order valence-corrected chi connectivity index (χ0v) is 12.6. The van der Waals surface area contributed by atoms with Gasteiger partial charge in [-0.25, -0.2) is 0 Å². The molecule has 0 unspecified atom stereocenters. The Morgan fingerprint density at radius 3 is 2.00 bits per heavy atom. The normalized spacial score (nSPS) is 9.63. The molecule has 0 saturated heterocycles. The first-order chi connectivity index (χ1) is 8.84. The molecule has 0 spiro atoms. The van der Waals surface area contributed by atoms with Gasteiger partial charge in [-0.05, 0) is 6.54 Å². The summed E-state index contributed by atoms with van der Waals surface area (Å²) in [5, 5.41) is 7.79. The Bertz CT molecular complexity index is 266. The zero-order chi connectivity index (χ0) is 15.3. The quantitative estimate of drug-likeness (QED) is 0.547.